The molecule has 2 amide bonds. The molecule has 0 aromatic rings. The highest BCUT2D eigenvalue weighted by atomic mass is 16.4. The van der Waals surface area contributed by atoms with Gasteiger partial charge in [0.25, 0.3) is 0 Å². The van der Waals surface area contributed by atoms with E-state index in [1.807, 2.05) is 9.80 Å². The highest BCUT2D eigenvalue weighted by Crippen LogP contribution is 2.02. The summed E-state index contributed by atoms with van der Waals surface area (Å²) in [6.07, 6.45) is 5.72. The fourth-order valence-corrected chi connectivity index (χ4v) is 4.29. The monoisotopic (exact) mass is 556 g/mol. The Morgan fingerprint density at radius 3 is 1.59 bits per heavy atom. The average molecular weight is 557 g/mol. The van der Waals surface area contributed by atoms with Gasteiger partial charge in [0.1, 0.15) is 6.29 Å². The highest BCUT2D eigenvalue weighted by molar-refractivity contribution is 5.78. The number of aliphatic carboxylic acids is 2. The van der Waals surface area contributed by atoms with Gasteiger partial charge in [-0.15, -0.1) is 0 Å². The molecule has 0 unspecified atom stereocenters. The molecule has 13 heteroatoms. The third-order valence-electron chi connectivity index (χ3n) is 6.60. The molecule has 224 valence electrons. The number of carbonyl (C=O) groups excluding carboxylic acids is 3. The van der Waals surface area contributed by atoms with Crippen molar-refractivity contribution in [2.45, 2.75) is 45.4 Å². The van der Waals surface area contributed by atoms with E-state index in [0.29, 0.717) is 71.9 Å². The average Bonchev–Trinajstić information content (AvgIpc) is 2.87. The van der Waals surface area contributed by atoms with Crippen LogP contribution in [0.5, 0.6) is 0 Å². The van der Waals surface area contributed by atoms with Gasteiger partial charge in [-0.1, -0.05) is 19.8 Å². The Labute approximate surface area is 231 Å². The first kappa shape index (κ1) is 34.4. The van der Waals surface area contributed by atoms with Crippen LogP contribution >= 0.6 is 0 Å². The summed E-state index contributed by atoms with van der Waals surface area (Å²) in [5.74, 6) is -1.98. The molecule has 1 fully saturated rings. The summed E-state index contributed by atoms with van der Waals surface area (Å²) in [5, 5.41) is 24.4. The summed E-state index contributed by atoms with van der Waals surface area (Å²) in [4.78, 5) is 65.6. The topological polar surface area (TPSA) is 163 Å². The lowest BCUT2D eigenvalue weighted by molar-refractivity contribution is -0.140. The Bertz CT molecular complexity index is 754. The van der Waals surface area contributed by atoms with Crippen molar-refractivity contribution in [1.29, 1.82) is 0 Å². The number of amides is 2. The Morgan fingerprint density at radius 2 is 1.10 bits per heavy atom. The molecule has 0 bridgehead atoms. The lowest BCUT2D eigenvalue weighted by atomic mass is 10.2. The van der Waals surface area contributed by atoms with Crippen molar-refractivity contribution in [3.8, 4) is 0 Å². The fraction of sp³-hybridized carbons (Fsp3) is 0.808. The van der Waals surface area contributed by atoms with Gasteiger partial charge in [0.2, 0.25) is 11.8 Å². The SMILES string of the molecule is CCCCNC(=O)CCCCCNC(=O)CN1CCN(CC=O)CCN(CC(=O)O)CCN(CC(=O)O)CC1. The van der Waals surface area contributed by atoms with E-state index in [2.05, 4.69) is 17.6 Å². The van der Waals surface area contributed by atoms with E-state index < -0.39 is 11.9 Å². The van der Waals surface area contributed by atoms with Crippen LogP contribution in [0, 0.1) is 0 Å². The lowest BCUT2D eigenvalue weighted by Gasteiger charge is -2.32. The van der Waals surface area contributed by atoms with Crippen molar-refractivity contribution >= 4 is 30.0 Å². The Hall–Kier alpha value is -2.61. The zero-order chi connectivity index (χ0) is 28.9. The van der Waals surface area contributed by atoms with Crippen LogP contribution in [0.2, 0.25) is 0 Å². The first-order valence-electron chi connectivity index (χ1n) is 14.0. The third-order valence-corrected chi connectivity index (χ3v) is 6.60. The van der Waals surface area contributed by atoms with E-state index in [9.17, 15) is 34.2 Å². The van der Waals surface area contributed by atoms with Crippen molar-refractivity contribution in [1.82, 2.24) is 30.2 Å². The number of nitrogens with zero attached hydrogens (tertiary/aromatic N) is 4. The predicted octanol–water partition coefficient (Wildman–Crippen LogP) is -0.831. The number of carbonyl (C=O) groups is 5. The number of carboxylic acids is 2. The van der Waals surface area contributed by atoms with Crippen molar-refractivity contribution < 1.29 is 34.2 Å². The lowest BCUT2D eigenvalue weighted by Crippen LogP contribution is -2.49. The van der Waals surface area contributed by atoms with Gasteiger partial charge in [0.05, 0.1) is 26.2 Å². The maximum absolute atomic E-state index is 12.6. The second-order valence-corrected chi connectivity index (χ2v) is 9.95. The van der Waals surface area contributed by atoms with Crippen molar-refractivity contribution in [2.75, 3.05) is 91.6 Å². The summed E-state index contributed by atoms with van der Waals surface area (Å²) in [7, 11) is 0. The molecule has 0 aromatic carbocycles. The summed E-state index contributed by atoms with van der Waals surface area (Å²) >= 11 is 0. The van der Waals surface area contributed by atoms with Gasteiger partial charge in [-0.3, -0.25) is 38.8 Å². The molecule has 0 radical (unpaired) electrons. The van der Waals surface area contributed by atoms with Gasteiger partial charge in [0.15, 0.2) is 0 Å². The third kappa shape index (κ3) is 18.3. The van der Waals surface area contributed by atoms with Crippen molar-refractivity contribution in [3.63, 3.8) is 0 Å². The van der Waals surface area contributed by atoms with Crippen LogP contribution in [0.4, 0.5) is 0 Å². The number of carboxylic acid groups (broad SMARTS) is 2. The van der Waals surface area contributed by atoms with E-state index in [4.69, 9.17) is 0 Å². The second kappa shape index (κ2) is 21.2. The number of unbranched alkanes of at least 4 members (excludes halogenated alkanes) is 3. The molecule has 1 saturated heterocycles. The molecule has 1 aliphatic heterocycles. The molecular weight excluding hydrogens is 508 g/mol. The maximum atomic E-state index is 12.6. The van der Waals surface area contributed by atoms with Gasteiger partial charge in [-0.25, -0.2) is 0 Å². The smallest absolute Gasteiger partial charge is 0.317 e. The normalized spacial score (nSPS) is 17.1. The molecule has 0 saturated carbocycles. The van der Waals surface area contributed by atoms with Crippen LogP contribution in [0.3, 0.4) is 0 Å². The van der Waals surface area contributed by atoms with E-state index in [-0.39, 0.29) is 38.0 Å². The zero-order valence-electron chi connectivity index (χ0n) is 23.4. The van der Waals surface area contributed by atoms with E-state index >= 15 is 0 Å². The largest absolute Gasteiger partial charge is 0.480 e. The Balaban J connectivity index is 2.58. The van der Waals surface area contributed by atoms with E-state index in [0.717, 1.165) is 38.4 Å². The Morgan fingerprint density at radius 1 is 0.641 bits per heavy atom. The van der Waals surface area contributed by atoms with Crippen LogP contribution in [0.1, 0.15) is 45.4 Å². The molecule has 0 aliphatic carbocycles. The number of hydrogen-bond donors (Lipinski definition) is 4. The van der Waals surface area contributed by atoms with Gasteiger partial charge in [-0.05, 0) is 19.3 Å². The fourth-order valence-electron chi connectivity index (χ4n) is 4.29. The molecule has 4 N–H and O–H groups in total. The van der Waals surface area contributed by atoms with Gasteiger partial charge >= 0.3 is 11.9 Å². The molecule has 0 atom stereocenters. The number of hydrogen-bond acceptors (Lipinski definition) is 9. The summed E-state index contributed by atoms with van der Waals surface area (Å²) in [6, 6.07) is 0. The molecule has 1 rings (SSSR count). The number of rotatable bonds is 17. The second-order valence-electron chi connectivity index (χ2n) is 9.95. The zero-order valence-corrected chi connectivity index (χ0v) is 23.4. The van der Waals surface area contributed by atoms with Crippen LogP contribution in [-0.2, 0) is 24.0 Å². The summed E-state index contributed by atoms with van der Waals surface area (Å²) < 4.78 is 0. The molecule has 1 heterocycles. The highest BCUT2D eigenvalue weighted by Gasteiger charge is 2.20. The summed E-state index contributed by atoms with van der Waals surface area (Å²) in [5.41, 5.74) is 0. The minimum Gasteiger partial charge on any atom is -0.480 e. The minimum atomic E-state index is -0.966. The van der Waals surface area contributed by atoms with Gasteiger partial charge in [-0.2, -0.15) is 0 Å². The maximum Gasteiger partial charge on any atom is 0.317 e. The van der Waals surface area contributed by atoms with Crippen molar-refractivity contribution in [2.24, 2.45) is 0 Å². The Kier molecular flexibility index (Phi) is 18.7. The van der Waals surface area contributed by atoms with Gasteiger partial charge in [0, 0.05) is 71.9 Å². The van der Waals surface area contributed by atoms with Crippen LogP contribution in [0.25, 0.3) is 0 Å². The first-order chi connectivity index (χ1) is 18.7. The molecule has 13 nitrogen and oxygen atoms in total. The first-order valence-corrected chi connectivity index (χ1v) is 14.0. The predicted molar refractivity (Wildman–Crippen MR) is 146 cm³/mol. The van der Waals surface area contributed by atoms with Crippen LogP contribution < -0.4 is 10.6 Å². The molecule has 39 heavy (non-hydrogen) atoms. The quantitative estimate of drug-likeness (QED) is 0.131. The molecule has 1 aliphatic rings. The van der Waals surface area contributed by atoms with E-state index in [1.54, 1.807) is 9.80 Å². The summed E-state index contributed by atoms with van der Waals surface area (Å²) in [6.45, 7) is 6.93. The van der Waals surface area contributed by atoms with Crippen LogP contribution in [-0.4, -0.2) is 151 Å². The minimum absolute atomic E-state index is 0.0675. The number of aldehydes is 1. The van der Waals surface area contributed by atoms with E-state index in [1.165, 1.54) is 0 Å². The van der Waals surface area contributed by atoms with Gasteiger partial charge < -0.3 is 25.6 Å². The van der Waals surface area contributed by atoms with Crippen molar-refractivity contribution in [3.05, 3.63) is 0 Å². The standard InChI is InChI=1S/C26H48N6O7/c1-2-3-8-27-23(34)7-5-4-6-9-28-24(35)20-30-12-10-29(18-19-33)11-13-31(21-25(36)37)16-17-32(15-14-30)22-26(38)39/h19H,2-18,20-22H2,1H3,(H,27,34)(H,28,35)(H,36,37)(H,38,39). The van der Waals surface area contributed by atoms with Crippen LogP contribution in [0.15, 0.2) is 0 Å². The number of nitrogens with one attached hydrogen (secondary N) is 2. The molecular formula is C26H48N6O7. The molecule has 0 aromatic heterocycles. The molecule has 0 spiro atoms.